The average molecular weight is 432 g/mol. The number of amides is 1. The van der Waals surface area contributed by atoms with Crippen LogP contribution in [-0.2, 0) is 11.5 Å². The highest BCUT2D eigenvalue weighted by Crippen LogP contribution is 2.21. The zero-order valence-electron chi connectivity index (χ0n) is 18.3. The van der Waals surface area contributed by atoms with Crippen LogP contribution in [0.1, 0.15) is 32.6 Å². The second-order valence-corrected chi connectivity index (χ2v) is 7.95. The highest BCUT2D eigenvalue weighted by Gasteiger charge is 2.28. The summed E-state index contributed by atoms with van der Waals surface area (Å²) >= 11 is 0. The van der Waals surface area contributed by atoms with Crippen molar-refractivity contribution in [2.75, 3.05) is 24.0 Å². The van der Waals surface area contributed by atoms with Gasteiger partial charge in [-0.05, 0) is 66.4 Å². The number of pyridine rings is 1. The molecule has 1 amide bonds. The number of hydrogen-bond donors (Lipinski definition) is 2. The van der Waals surface area contributed by atoms with E-state index in [2.05, 4.69) is 21.0 Å². The molecule has 1 aliphatic rings. The fourth-order valence-corrected chi connectivity index (χ4v) is 3.72. The number of anilines is 2. The first-order chi connectivity index (χ1) is 15.3. The maximum atomic E-state index is 13.2. The van der Waals surface area contributed by atoms with E-state index in [0.717, 1.165) is 22.4 Å². The summed E-state index contributed by atoms with van der Waals surface area (Å²) < 4.78 is 0. The first kappa shape index (κ1) is 21.5. The van der Waals surface area contributed by atoms with E-state index in [9.17, 15) is 9.59 Å². The van der Waals surface area contributed by atoms with Gasteiger partial charge in [-0.1, -0.05) is 18.2 Å². The van der Waals surface area contributed by atoms with Gasteiger partial charge in [-0.25, -0.2) is 4.89 Å². The minimum atomic E-state index is -0.311. The lowest BCUT2D eigenvalue weighted by Crippen LogP contribution is -2.38. The fourth-order valence-electron chi connectivity index (χ4n) is 3.72. The summed E-state index contributed by atoms with van der Waals surface area (Å²) in [5.41, 5.74) is 5.21. The van der Waals surface area contributed by atoms with Crippen LogP contribution in [0.25, 0.3) is 6.08 Å². The highest BCUT2D eigenvalue weighted by molar-refractivity contribution is 6.07. The van der Waals surface area contributed by atoms with Gasteiger partial charge in [0.25, 0.3) is 11.5 Å². The van der Waals surface area contributed by atoms with Crippen LogP contribution < -0.4 is 26.2 Å². The third kappa shape index (κ3) is 3.81. The number of aromatic nitrogens is 1. The zero-order chi connectivity index (χ0) is 23.0. The first-order valence-corrected chi connectivity index (χ1v) is 10.1. The summed E-state index contributed by atoms with van der Waals surface area (Å²) in [5.74, 6) is -0.311. The van der Waals surface area contributed by atoms with Crippen LogP contribution in [0.3, 0.4) is 0 Å². The number of aryl methyl sites for hydroxylation is 1. The number of carbonyl (C=O) groups excluding carboxylic acids is 1. The fraction of sp³-hybridized carbons (Fsp3) is 0.208. The first-order valence-electron chi connectivity index (χ1n) is 10.1. The van der Waals surface area contributed by atoms with Crippen molar-refractivity contribution < 1.29 is 14.9 Å². The summed E-state index contributed by atoms with van der Waals surface area (Å²) in [7, 11) is 3.95. The van der Waals surface area contributed by atoms with Gasteiger partial charge in [0.2, 0.25) is 0 Å². The minimum absolute atomic E-state index is 0.0478. The van der Waals surface area contributed by atoms with Gasteiger partial charge >= 0.3 is 0 Å². The molecule has 0 radical (unpaired) electrons. The quantitative estimate of drug-likeness (QED) is 0.475. The predicted molar refractivity (Wildman–Crippen MR) is 122 cm³/mol. The molecule has 0 bridgehead atoms. The van der Waals surface area contributed by atoms with Crippen molar-refractivity contribution in [1.29, 1.82) is 0 Å². The Balaban J connectivity index is 1.76. The number of carbonyl (C=O) groups is 1. The number of H-pyrrole nitrogens is 1. The third-order valence-corrected chi connectivity index (χ3v) is 5.58. The van der Waals surface area contributed by atoms with E-state index < -0.39 is 0 Å². The Bertz CT molecular complexity index is 1370. The van der Waals surface area contributed by atoms with E-state index in [1.165, 1.54) is 5.01 Å². The summed E-state index contributed by atoms with van der Waals surface area (Å²) in [4.78, 5) is 34.9. The Morgan fingerprint density at radius 2 is 1.84 bits per heavy atom. The molecule has 0 atom stereocenters. The van der Waals surface area contributed by atoms with E-state index in [-0.39, 0.29) is 23.6 Å². The van der Waals surface area contributed by atoms with Gasteiger partial charge in [0.15, 0.2) is 5.49 Å². The molecule has 2 N–H and O–H groups in total. The van der Waals surface area contributed by atoms with Gasteiger partial charge in [0, 0.05) is 25.0 Å². The molecule has 0 saturated carbocycles. The van der Waals surface area contributed by atoms with E-state index in [0.29, 0.717) is 22.0 Å². The lowest BCUT2D eigenvalue weighted by Gasteiger charge is -2.14. The lowest BCUT2D eigenvalue weighted by molar-refractivity contribution is -0.253. The molecule has 1 aliphatic heterocycles. The van der Waals surface area contributed by atoms with E-state index in [1.54, 1.807) is 31.2 Å². The molecular formula is C24H24N4O4. The van der Waals surface area contributed by atoms with Gasteiger partial charge in [-0.2, -0.15) is 5.01 Å². The van der Waals surface area contributed by atoms with Crippen molar-refractivity contribution in [1.82, 2.24) is 4.98 Å². The Morgan fingerprint density at radius 3 is 2.47 bits per heavy atom. The Kier molecular flexibility index (Phi) is 5.65. The number of hydrogen-bond acceptors (Lipinski definition) is 6. The number of nitrogens with zero attached hydrogens (tertiary/aromatic N) is 3. The van der Waals surface area contributed by atoms with Crippen molar-refractivity contribution in [3.63, 3.8) is 0 Å². The van der Waals surface area contributed by atoms with Crippen molar-refractivity contribution in [2.24, 2.45) is 5.10 Å². The third-order valence-electron chi connectivity index (χ3n) is 5.58. The van der Waals surface area contributed by atoms with Gasteiger partial charge in [-0.15, -0.1) is 5.10 Å². The van der Waals surface area contributed by atoms with Crippen molar-refractivity contribution in [3.05, 3.63) is 91.3 Å². The maximum Gasteiger partial charge on any atom is 0.282 e. The predicted octanol–water partition coefficient (Wildman–Crippen LogP) is 2.07. The Labute approximate surface area is 184 Å². The monoisotopic (exact) mass is 432 g/mol. The Hall–Kier alpha value is -3.75. The Morgan fingerprint density at radius 1 is 1.12 bits per heavy atom. The van der Waals surface area contributed by atoms with Crippen molar-refractivity contribution >= 4 is 23.4 Å². The molecule has 0 fully saturated rings. The van der Waals surface area contributed by atoms with Crippen LogP contribution in [0.2, 0.25) is 0 Å². The van der Waals surface area contributed by atoms with Crippen LogP contribution in [0.5, 0.6) is 0 Å². The number of aromatic amines is 1. The summed E-state index contributed by atoms with van der Waals surface area (Å²) in [5, 5.41) is 14.6. The molecule has 164 valence electrons. The molecule has 2 heterocycles. The van der Waals surface area contributed by atoms with Gasteiger partial charge in [0.1, 0.15) is 6.61 Å². The standard InChI is InChI=1S/C24H24N4O4/c1-14-11-19(27(3)4)10-7-17(14)12-20-15(2)21-22(25-23(20)29)26-28(24(21)30)18-8-5-16(6-9-18)13-32-31/h5-12,31H,13H2,1-4H3,(H,25,26,29)/b20-12+. The molecule has 0 unspecified atom stereocenters. The van der Waals surface area contributed by atoms with Crippen LogP contribution in [0.4, 0.5) is 11.4 Å². The second-order valence-electron chi connectivity index (χ2n) is 7.95. The van der Waals surface area contributed by atoms with Gasteiger partial charge < -0.3 is 9.88 Å². The van der Waals surface area contributed by atoms with Crippen LogP contribution in [-0.4, -0.2) is 30.2 Å². The molecule has 1 aromatic heterocycles. The molecule has 8 nitrogen and oxygen atoms in total. The lowest BCUT2D eigenvalue weighted by atomic mass is 10.0. The second kappa shape index (κ2) is 8.41. The molecule has 0 spiro atoms. The molecule has 2 aromatic carbocycles. The molecule has 3 aromatic rings. The topological polar surface area (TPSA) is 98.2 Å². The minimum Gasteiger partial charge on any atom is -0.378 e. The van der Waals surface area contributed by atoms with Gasteiger partial charge in [0.05, 0.1) is 11.3 Å². The highest BCUT2D eigenvalue weighted by atomic mass is 17.1. The summed E-state index contributed by atoms with van der Waals surface area (Å²) in [6.07, 6.45) is 1.81. The van der Waals surface area contributed by atoms with E-state index in [4.69, 9.17) is 5.26 Å². The van der Waals surface area contributed by atoms with Crippen molar-refractivity contribution in [3.8, 4) is 0 Å². The van der Waals surface area contributed by atoms with E-state index >= 15 is 0 Å². The molecular weight excluding hydrogens is 408 g/mol. The SMILES string of the molecule is Cc1cc(N(C)C)ccc1/C=c1\c(C)c2c([nH]c1=O)=NN(c1ccc(COO)cc1)C2=O. The average Bonchev–Trinajstić information content (AvgIpc) is 3.08. The largest absolute Gasteiger partial charge is 0.378 e. The number of nitrogens with one attached hydrogen (secondary N) is 1. The van der Waals surface area contributed by atoms with Crippen molar-refractivity contribution in [2.45, 2.75) is 20.5 Å². The number of benzene rings is 2. The maximum absolute atomic E-state index is 13.2. The van der Waals surface area contributed by atoms with Gasteiger partial charge in [-0.3, -0.25) is 14.8 Å². The van der Waals surface area contributed by atoms with Crippen LogP contribution in [0, 0.1) is 13.8 Å². The smallest absolute Gasteiger partial charge is 0.282 e. The number of rotatable bonds is 5. The molecule has 0 saturated heterocycles. The van der Waals surface area contributed by atoms with Crippen LogP contribution in [0.15, 0.2) is 52.4 Å². The van der Waals surface area contributed by atoms with E-state index in [1.807, 2.05) is 44.1 Å². The molecule has 8 heteroatoms. The normalized spacial score (nSPS) is 13.3. The number of fused-ring (bicyclic) bond motifs is 1. The summed E-state index contributed by atoms with van der Waals surface area (Å²) in [6, 6.07) is 12.9. The molecule has 32 heavy (non-hydrogen) atoms. The van der Waals surface area contributed by atoms with Crippen LogP contribution >= 0.6 is 0 Å². The summed E-state index contributed by atoms with van der Waals surface area (Å²) in [6.45, 7) is 3.80. The molecule has 0 aliphatic carbocycles. The molecule has 4 rings (SSSR count). The zero-order valence-corrected chi connectivity index (χ0v) is 18.3.